The van der Waals surface area contributed by atoms with Gasteiger partial charge in [-0.25, -0.2) is 0 Å². The molecule has 1 unspecified atom stereocenters. The lowest BCUT2D eigenvalue weighted by atomic mass is 9.92. The smallest absolute Gasteiger partial charge is 0.0611 e. The zero-order valence-electron chi connectivity index (χ0n) is 12.2. The van der Waals surface area contributed by atoms with Gasteiger partial charge >= 0.3 is 0 Å². The van der Waals surface area contributed by atoms with Crippen LogP contribution in [0, 0.1) is 0 Å². The molecule has 1 atom stereocenters. The molecule has 4 nitrogen and oxygen atoms in total. The van der Waals surface area contributed by atoms with Gasteiger partial charge in [0.25, 0.3) is 0 Å². The number of likely N-dealkylation sites (N-methyl/N-ethyl adjacent to an activating group) is 1. The summed E-state index contributed by atoms with van der Waals surface area (Å²) in [5.41, 5.74) is 6.99. The Morgan fingerprint density at radius 3 is 2.58 bits per heavy atom. The Kier molecular flexibility index (Phi) is 6.99. The van der Waals surface area contributed by atoms with E-state index in [0.717, 1.165) is 38.8 Å². The van der Waals surface area contributed by atoms with E-state index in [9.17, 15) is 5.11 Å². The SMILES string of the molecule is CCC(N)(CO)CCCN(C)CCc1ccncc1. The second-order valence-corrected chi connectivity index (χ2v) is 5.39. The van der Waals surface area contributed by atoms with Crippen molar-refractivity contribution in [2.24, 2.45) is 5.73 Å². The lowest BCUT2D eigenvalue weighted by Gasteiger charge is -2.26. The highest BCUT2D eigenvalue weighted by atomic mass is 16.3. The molecule has 0 aliphatic heterocycles. The fraction of sp³-hybridized carbons (Fsp3) is 0.667. The van der Waals surface area contributed by atoms with Crippen LogP contribution in [-0.4, -0.2) is 47.3 Å². The van der Waals surface area contributed by atoms with Crippen molar-refractivity contribution in [2.75, 3.05) is 26.7 Å². The molecule has 0 aromatic carbocycles. The van der Waals surface area contributed by atoms with Gasteiger partial charge < -0.3 is 15.7 Å². The van der Waals surface area contributed by atoms with Crippen molar-refractivity contribution in [3.8, 4) is 0 Å². The molecule has 1 heterocycles. The Morgan fingerprint density at radius 1 is 1.32 bits per heavy atom. The van der Waals surface area contributed by atoms with E-state index in [4.69, 9.17) is 5.73 Å². The van der Waals surface area contributed by atoms with Crippen molar-refractivity contribution in [3.63, 3.8) is 0 Å². The van der Waals surface area contributed by atoms with Gasteiger partial charge in [0.1, 0.15) is 0 Å². The van der Waals surface area contributed by atoms with Crippen LogP contribution >= 0.6 is 0 Å². The lowest BCUT2D eigenvalue weighted by Crippen LogP contribution is -2.43. The summed E-state index contributed by atoms with van der Waals surface area (Å²) in [6, 6.07) is 4.11. The summed E-state index contributed by atoms with van der Waals surface area (Å²) >= 11 is 0. The van der Waals surface area contributed by atoms with Crippen LogP contribution in [0.1, 0.15) is 31.7 Å². The van der Waals surface area contributed by atoms with Crippen LogP contribution in [0.25, 0.3) is 0 Å². The molecule has 1 aromatic rings. The minimum atomic E-state index is -0.397. The molecule has 0 saturated heterocycles. The number of pyridine rings is 1. The number of hydrogen-bond acceptors (Lipinski definition) is 4. The Morgan fingerprint density at radius 2 is 2.00 bits per heavy atom. The molecule has 0 aliphatic rings. The maximum atomic E-state index is 9.26. The average Bonchev–Trinajstić information content (AvgIpc) is 2.46. The van der Waals surface area contributed by atoms with Crippen molar-refractivity contribution in [1.82, 2.24) is 9.88 Å². The van der Waals surface area contributed by atoms with Crippen LogP contribution in [0.4, 0.5) is 0 Å². The standard InChI is InChI=1S/C15H27N3O/c1-3-15(16,13-19)8-4-11-18(2)12-7-14-5-9-17-10-6-14/h5-6,9-10,19H,3-4,7-8,11-13,16H2,1-2H3. The van der Waals surface area contributed by atoms with Crippen molar-refractivity contribution < 1.29 is 5.11 Å². The Hall–Kier alpha value is -0.970. The van der Waals surface area contributed by atoms with Crippen molar-refractivity contribution >= 4 is 0 Å². The lowest BCUT2D eigenvalue weighted by molar-refractivity contribution is 0.175. The summed E-state index contributed by atoms with van der Waals surface area (Å²) in [6.07, 6.45) is 7.43. The zero-order valence-corrected chi connectivity index (χ0v) is 12.2. The monoisotopic (exact) mass is 265 g/mol. The number of nitrogens with zero attached hydrogens (tertiary/aromatic N) is 2. The van der Waals surface area contributed by atoms with E-state index >= 15 is 0 Å². The Labute approximate surface area is 116 Å². The normalized spacial score (nSPS) is 14.6. The van der Waals surface area contributed by atoms with Gasteiger partial charge in [-0.15, -0.1) is 0 Å². The molecule has 1 aromatic heterocycles. The van der Waals surface area contributed by atoms with E-state index in [2.05, 4.69) is 29.1 Å². The van der Waals surface area contributed by atoms with Gasteiger partial charge in [-0.2, -0.15) is 0 Å². The third-order valence-electron chi connectivity index (χ3n) is 3.77. The summed E-state index contributed by atoms with van der Waals surface area (Å²) in [6.45, 7) is 4.16. The number of aliphatic hydroxyl groups excluding tert-OH is 1. The van der Waals surface area contributed by atoms with Crippen molar-refractivity contribution in [1.29, 1.82) is 0 Å². The molecule has 0 spiro atoms. The van der Waals surface area contributed by atoms with Gasteiger partial charge in [0, 0.05) is 24.5 Å². The summed E-state index contributed by atoms with van der Waals surface area (Å²) in [5.74, 6) is 0. The molecule has 0 amide bonds. The number of hydrogen-bond donors (Lipinski definition) is 2. The molecule has 0 fully saturated rings. The predicted octanol–water partition coefficient (Wildman–Crippen LogP) is 1.44. The number of nitrogens with two attached hydrogens (primary N) is 1. The maximum Gasteiger partial charge on any atom is 0.0611 e. The zero-order chi connectivity index (χ0) is 14.1. The topological polar surface area (TPSA) is 62.4 Å². The first-order valence-electron chi connectivity index (χ1n) is 7.07. The summed E-state index contributed by atoms with van der Waals surface area (Å²) < 4.78 is 0. The van der Waals surface area contributed by atoms with Crippen LogP contribution in [-0.2, 0) is 6.42 Å². The molecule has 0 radical (unpaired) electrons. The minimum absolute atomic E-state index is 0.0736. The first kappa shape index (κ1) is 16.1. The van der Waals surface area contributed by atoms with E-state index in [0.29, 0.717) is 0 Å². The summed E-state index contributed by atoms with van der Waals surface area (Å²) in [7, 11) is 2.13. The van der Waals surface area contributed by atoms with Gasteiger partial charge in [0.05, 0.1) is 6.61 Å². The maximum absolute atomic E-state index is 9.26. The van der Waals surface area contributed by atoms with Gasteiger partial charge in [-0.1, -0.05) is 6.92 Å². The van der Waals surface area contributed by atoms with Gasteiger partial charge in [-0.05, 0) is 57.0 Å². The second-order valence-electron chi connectivity index (χ2n) is 5.39. The largest absolute Gasteiger partial charge is 0.394 e. The summed E-state index contributed by atoms with van der Waals surface area (Å²) in [4.78, 5) is 6.33. The van der Waals surface area contributed by atoms with Crippen LogP contribution in [0.15, 0.2) is 24.5 Å². The van der Waals surface area contributed by atoms with Gasteiger partial charge in [0.15, 0.2) is 0 Å². The van der Waals surface area contributed by atoms with E-state index in [1.165, 1.54) is 5.56 Å². The van der Waals surface area contributed by atoms with Crippen LogP contribution in [0.2, 0.25) is 0 Å². The van der Waals surface area contributed by atoms with Gasteiger partial charge in [-0.3, -0.25) is 4.98 Å². The number of aliphatic hydroxyl groups is 1. The quantitative estimate of drug-likeness (QED) is 0.709. The van der Waals surface area contributed by atoms with Crippen LogP contribution < -0.4 is 5.73 Å². The van der Waals surface area contributed by atoms with E-state index in [1.807, 2.05) is 19.3 Å². The Bertz CT molecular complexity index is 339. The van der Waals surface area contributed by atoms with E-state index in [-0.39, 0.29) is 6.61 Å². The fourth-order valence-corrected chi connectivity index (χ4v) is 2.05. The van der Waals surface area contributed by atoms with Crippen LogP contribution in [0.5, 0.6) is 0 Å². The molecule has 4 heteroatoms. The highest BCUT2D eigenvalue weighted by Gasteiger charge is 2.20. The first-order chi connectivity index (χ1) is 9.09. The predicted molar refractivity (Wildman–Crippen MR) is 79.0 cm³/mol. The molecular weight excluding hydrogens is 238 g/mol. The van der Waals surface area contributed by atoms with E-state index in [1.54, 1.807) is 0 Å². The fourth-order valence-electron chi connectivity index (χ4n) is 2.05. The Balaban J connectivity index is 2.20. The highest BCUT2D eigenvalue weighted by molar-refractivity contribution is 5.09. The average molecular weight is 265 g/mol. The van der Waals surface area contributed by atoms with E-state index < -0.39 is 5.54 Å². The van der Waals surface area contributed by atoms with Crippen molar-refractivity contribution in [2.45, 2.75) is 38.1 Å². The molecule has 0 aliphatic carbocycles. The highest BCUT2D eigenvalue weighted by Crippen LogP contribution is 2.13. The molecule has 108 valence electrons. The molecule has 1 rings (SSSR count). The molecule has 19 heavy (non-hydrogen) atoms. The third kappa shape index (κ3) is 6.14. The van der Waals surface area contributed by atoms with Gasteiger partial charge in [0.2, 0.25) is 0 Å². The number of rotatable bonds is 9. The molecule has 0 saturated carbocycles. The second kappa shape index (κ2) is 8.25. The van der Waals surface area contributed by atoms with Crippen LogP contribution in [0.3, 0.4) is 0 Å². The first-order valence-corrected chi connectivity index (χ1v) is 7.07. The number of aromatic nitrogens is 1. The summed E-state index contributed by atoms with van der Waals surface area (Å²) in [5, 5.41) is 9.26. The molecule has 0 bridgehead atoms. The van der Waals surface area contributed by atoms with Crippen molar-refractivity contribution in [3.05, 3.63) is 30.1 Å². The third-order valence-corrected chi connectivity index (χ3v) is 3.77. The molecule has 3 N–H and O–H groups in total. The molecular formula is C15H27N3O. The minimum Gasteiger partial charge on any atom is -0.394 e.